The van der Waals surface area contributed by atoms with Gasteiger partial charge >= 0.3 is 0 Å². The molecule has 1 aliphatic carbocycles. The summed E-state index contributed by atoms with van der Waals surface area (Å²) in [5.41, 5.74) is 8.88. The highest BCUT2D eigenvalue weighted by atomic mass is 15.3. The molecule has 2 aromatic heterocycles. The summed E-state index contributed by atoms with van der Waals surface area (Å²) in [7, 11) is 0. The molecule has 2 N–H and O–H groups in total. The number of aryl methyl sites for hydroxylation is 1. The number of nitrogens with two attached hydrogens (primary N) is 1. The average Bonchev–Trinajstić information content (AvgIpc) is 3.02. The van der Waals surface area contributed by atoms with Crippen molar-refractivity contribution in [2.45, 2.75) is 25.7 Å². The predicted molar refractivity (Wildman–Crippen MR) is 62.5 cm³/mol. The Morgan fingerprint density at radius 3 is 2.94 bits per heavy atom. The van der Waals surface area contributed by atoms with Crippen LogP contribution in [0.25, 0.3) is 5.82 Å². The standard InChI is InChI=1S/C12H14N4/c1-8-4-6-14-12(11(8)13)16-7-5-10(15-16)9-2-3-9/h4-7,9H,2-3,13H2,1H3. The third kappa shape index (κ3) is 1.46. The largest absolute Gasteiger partial charge is 0.395 e. The molecule has 0 amide bonds. The number of nitrogens with zero attached hydrogens (tertiary/aromatic N) is 3. The zero-order valence-electron chi connectivity index (χ0n) is 9.22. The van der Waals surface area contributed by atoms with Crippen LogP contribution in [0.15, 0.2) is 24.5 Å². The van der Waals surface area contributed by atoms with Crippen LogP contribution >= 0.6 is 0 Å². The fourth-order valence-electron chi connectivity index (χ4n) is 1.79. The third-order valence-corrected chi connectivity index (χ3v) is 3.01. The molecule has 0 spiro atoms. The van der Waals surface area contributed by atoms with Crippen LogP contribution in [0.1, 0.15) is 30.0 Å². The van der Waals surface area contributed by atoms with Crippen molar-refractivity contribution in [2.75, 3.05) is 5.73 Å². The van der Waals surface area contributed by atoms with Crippen LogP contribution in [0.5, 0.6) is 0 Å². The normalized spacial score (nSPS) is 15.3. The number of hydrogen-bond donors (Lipinski definition) is 1. The molecule has 4 nitrogen and oxygen atoms in total. The summed E-state index contributed by atoms with van der Waals surface area (Å²) in [4.78, 5) is 4.28. The Kier molecular flexibility index (Phi) is 1.96. The van der Waals surface area contributed by atoms with Gasteiger partial charge in [-0.05, 0) is 37.5 Å². The van der Waals surface area contributed by atoms with Gasteiger partial charge in [0.2, 0.25) is 0 Å². The molecule has 16 heavy (non-hydrogen) atoms. The first-order valence-electron chi connectivity index (χ1n) is 5.53. The Morgan fingerprint density at radius 1 is 1.38 bits per heavy atom. The number of rotatable bonds is 2. The van der Waals surface area contributed by atoms with E-state index >= 15 is 0 Å². The van der Waals surface area contributed by atoms with E-state index in [1.54, 1.807) is 10.9 Å². The van der Waals surface area contributed by atoms with Crippen molar-refractivity contribution in [1.29, 1.82) is 0 Å². The number of nitrogen functional groups attached to an aromatic ring is 1. The first-order valence-corrected chi connectivity index (χ1v) is 5.53. The Balaban J connectivity index is 2.03. The zero-order valence-corrected chi connectivity index (χ0v) is 9.22. The first-order chi connectivity index (χ1) is 7.75. The van der Waals surface area contributed by atoms with Crippen molar-refractivity contribution in [1.82, 2.24) is 14.8 Å². The highest BCUT2D eigenvalue weighted by Gasteiger charge is 2.26. The van der Waals surface area contributed by atoms with E-state index in [2.05, 4.69) is 16.1 Å². The van der Waals surface area contributed by atoms with Crippen LogP contribution in [0.2, 0.25) is 0 Å². The van der Waals surface area contributed by atoms with Gasteiger partial charge in [-0.25, -0.2) is 9.67 Å². The number of anilines is 1. The van der Waals surface area contributed by atoms with Gasteiger partial charge in [-0.2, -0.15) is 5.10 Å². The molecular weight excluding hydrogens is 200 g/mol. The van der Waals surface area contributed by atoms with Gasteiger partial charge in [-0.1, -0.05) is 0 Å². The quantitative estimate of drug-likeness (QED) is 0.832. The van der Waals surface area contributed by atoms with Gasteiger partial charge in [0.25, 0.3) is 0 Å². The van der Waals surface area contributed by atoms with Crippen molar-refractivity contribution < 1.29 is 0 Å². The van der Waals surface area contributed by atoms with E-state index in [1.165, 1.54) is 12.8 Å². The molecule has 3 rings (SSSR count). The van der Waals surface area contributed by atoms with Crippen LogP contribution in [-0.4, -0.2) is 14.8 Å². The highest BCUT2D eigenvalue weighted by molar-refractivity contribution is 5.57. The zero-order chi connectivity index (χ0) is 11.1. The van der Waals surface area contributed by atoms with E-state index in [0.717, 1.165) is 17.1 Å². The molecule has 0 unspecified atom stereocenters. The number of aromatic nitrogens is 3. The smallest absolute Gasteiger partial charge is 0.176 e. The Hall–Kier alpha value is -1.84. The topological polar surface area (TPSA) is 56.7 Å². The van der Waals surface area contributed by atoms with E-state index in [0.29, 0.717) is 11.6 Å². The third-order valence-electron chi connectivity index (χ3n) is 3.01. The summed E-state index contributed by atoms with van der Waals surface area (Å²) < 4.78 is 1.77. The summed E-state index contributed by atoms with van der Waals surface area (Å²) in [5, 5.41) is 4.52. The molecule has 0 saturated heterocycles. The molecule has 0 atom stereocenters. The van der Waals surface area contributed by atoms with Gasteiger partial charge in [-0.3, -0.25) is 0 Å². The van der Waals surface area contributed by atoms with E-state index in [4.69, 9.17) is 5.73 Å². The first kappa shape index (κ1) is 9.39. The lowest BCUT2D eigenvalue weighted by Crippen LogP contribution is -2.05. The second kappa shape index (κ2) is 3.33. The molecule has 0 bridgehead atoms. The van der Waals surface area contributed by atoms with Crippen molar-refractivity contribution >= 4 is 5.69 Å². The minimum Gasteiger partial charge on any atom is -0.395 e. The predicted octanol–water partition coefficient (Wildman–Crippen LogP) is 2.04. The van der Waals surface area contributed by atoms with E-state index in [1.807, 2.05) is 19.2 Å². The lowest BCUT2D eigenvalue weighted by Gasteiger charge is -2.06. The van der Waals surface area contributed by atoms with E-state index < -0.39 is 0 Å². The van der Waals surface area contributed by atoms with Crippen LogP contribution in [0.3, 0.4) is 0 Å². The summed E-state index contributed by atoms with van der Waals surface area (Å²) in [5.74, 6) is 1.39. The van der Waals surface area contributed by atoms with Crippen LogP contribution in [-0.2, 0) is 0 Å². The summed E-state index contributed by atoms with van der Waals surface area (Å²) >= 11 is 0. The minimum absolute atomic E-state index is 0.660. The van der Waals surface area contributed by atoms with Gasteiger partial charge < -0.3 is 5.73 Å². The maximum atomic E-state index is 5.99. The van der Waals surface area contributed by atoms with E-state index in [9.17, 15) is 0 Å². The molecule has 1 fully saturated rings. The lowest BCUT2D eigenvalue weighted by atomic mass is 10.2. The molecule has 0 aliphatic heterocycles. The molecule has 82 valence electrons. The highest BCUT2D eigenvalue weighted by Crippen LogP contribution is 2.39. The van der Waals surface area contributed by atoms with Crippen LogP contribution in [0.4, 0.5) is 5.69 Å². The Labute approximate surface area is 94.1 Å². The fraction of sp³-hybridized carbons (Fsp3) is 0.333. The minimum atomic E-state index is 0.660. The van der Waals surface area contributed by atoms with Crippen molar-refractivity contribution in [2.24, 2.45) is 0 Å². The van der Waals surface area contributed by atoms with E-state index in [-0.39, 0.29) is 0 Å². The van der Waals surface area contributed by atoms with Gasteiger partial charge in [-0.15, -0.1) is 0 Å². The van der Waals surface area contributed by atoms with Crippen molar-refractivity contribution in [3.8, 4) is 5.82 Å². The Morgan fingerprint density at radius 2 is 2.19 bits per heavy atom. The summed E-state index contributed by atoms with van der Waals surface area (Å²) in [6, 6.07) is 3.96. The molecule has 0 aromatic carbocycles. The maximum absolute atomic E-state index is 5.99. The fourth-order valence-corrected chi connectivity index (χ4v) is 1.79. The SMILES string of the molecule is Cc1ccnc(-n2ccc(C3CC3)n2)c1N. The molecule has 4 heteroatoms. The molecule has 1 aliphatic rings. The van der Waals surface area contributed by atoms with Crippen molar-refractivity contribution in [3.63, 3.8) is 0 Å². The lowest BCUT2D eigenvalue weighted by molar-refractivity contribution is 0.814. The Bertz CT molecular complexity index is 526. The van der Waals surface area contributed by atoms with Gasteiger partial charge in [0.15, 0.2) is 5.82 Å². The average molecular weight is 214 g/mol. The number of pyridine rings is 1. The second-order valence-corrected chi connectivity index (χ2v) is 4.32. The van der Waals surface area contributed by atoms with Gasteiger partial charge in [0.1, 0.15) is 0 Å². The molecule has 2 aromatic rings. The molecule has 1 saturated carbocycles. The second-order valence-electron chi connectivity index (χ2n) is 4.32. The van der Waals surface area contributed by atoms with Gasteiger partial charge in [0.05, 0.1) is 11.4 Å². The summed E-state index contributed by atoms with van der Waals surface area (Å²) in [6.45, 7) is 1.98. The van der Waals surface area contributed by atoms with Crippen molar-refractivity contribution in [3.05, 3.63) is 35.8 Å². The van der Waals surface area contributed by atoms with Gasteiger partial charge in [0, 0.05) is 18.3 Å². The van der Waals surface area contributed by atoms with Crippen LogP contribution in [0, 0.1) is 6.92 Å². The number of hydrogen-bond acceptors (Lipinski definition) is 3. The summed E-state index contributed by atoms with van der Waals surface area (Å²) in [6.07, 6.45) is 6.22. The molecule has 2 heterocycles. The molecular formula is C12H14N4. The maximum Gasteiger partial charge on any atom is 0.176 e. The monoisotopic (exact) mass is 214 g/mol. The van der Waals surface area contributed by atoms with Crippen LogP contribution < -0.4 is 5.73 Å². The molecule has 0 radical (unpaired) electrons.